The molecule has 3 saturated carbocycles. The molecule has 4 fully saturated rings. The molecular weight excluding hydrogens is 455 g/mol. The topological polar surface area (TPSA) is 73.1 Å². The molecule has 182 valence electrons. The van der Waals surface area contributed by atoms with Gasteiger partial charge in [-0.15, -0.1) is 0 Å². The highest BCUT2D eigenvalue weighted by Gasteiger charge is 2.45. The van der Waals surface area contributed by atoms with Crippen molar-refractivity contribution in [3.8, 4) is 17.2 Å². The van der Waals surface area contributed by atoms with Crippen molar-refractivity contribution in [1.29, 1.82) is 5.26 Å². The van der Waals surface area contributed by atoms with Gasteiger partial charge in [-0.1, -0.05) is 6.07 Å². The van der Waals surface area contributed by atoms with E-state index in [9.17, 15) is 23.2 Å². The minimum absolute atomic E-state index is 0.147. The van der Waals surface area contributed by atoms with Crippen LogP contribution in [0.2, 0.25) is 0 Å². The Balaban J connectivity index is 1.33. The van der Waals surface area contributed by atoms with Crippen molar-refractivity contribution in [3.63, 3.8) is 0 Å². The van der Waals surface area contributed by atoms with E-state index in [1.54, 1.807) is 6.07 Å². The second-order valence-electron chi connectivity index (χ2n) is 10.3. The lowest BCUT2D eigenvalue weighted by molar-refractivity contribution is -0.141. The number of hydrogen-bond donors (Lipinski definition) is 0. The van der Waals surface area contributed by atoms with Gasteiger partial charge in [-0.3, -0.25) is 9.78 Å². The predicted octanol–water partition coefficient (Wildman–Crippen LogP) is 4.75. The largest absolute Gasteiger partial charge is 0.433 e. The van der Waals surface area contributed by atoms with Crippen LogP contribution in [0.25, 0.3) is 11.1 Å². The number of nitriles is 1. The summed E-state index contributed by atoms with van der Waals surface area (Å²) in [5, 5.41) is 9.98. The number of alkyl halides is 3. The van der Waals surface area contributed by atoms with Crippen LogP contribution in [-0.2, 0) is 11.0 Å². The van der Waals surface area contributed by atoms with Crippen LogP contribution in [0.5, 0.6) is 0 Å². The average molecular weight is 482 g/mol. The van der Waals surface area contributed by atoms with E-state index in [4.69, 9.17) is 4.98 Å². The molecule has 0 radical (unpaired) electrons. The van der Waals surface area contributed by atoms with Gasteiger partial charge in [0.1, 0.15) is 17.6 Å². The minimum Gasteiger partial charge on any atom is -0.352 e. The first-order valence-corrected chi connectivity index (χ1v) is 12.4. The molecule has 4 aliphatic rings. The second kappa shape index (κ2) is 8.21. The molecule has 6 rings (SSSR count). The molecule has 2 aromatic heterocycles. The number of pyridine rings is 2. The molecule has 1 unspecified atom stereocenters. The van der Waals surface area contributed by atoms with Gasteiger partial charge in [0, 0.05) is 48.8 Å². The molecule has 0 aromatic carbocycles. The van der Waals surface area contributed by atoms with Crippen LogP contribution in [0.15, 0.2) is 24.4 Å². The number of anilines is 1. The fourth-order valence-electron chi connectivity index (χ4n) is 5.19. The first-order valence-electron chi connectivity index (χ1n) is 12.4. The molecule has 35 heavy (non-hydrogen) atoms. The van der Waals surface area contributed by atoms with Gasteiger partial charge >= 0.3 is 6.18 Å². The number of hydrogen-bond acceptors (Lipinski definition) is 5. The smallest absolute Gasteiger partial charge is 0.352 e. The Morgan fingerprint density at radius 1 is 1.09 bits per heavy atom. The summed E-state index contributed by atoms with van der Waals surface area (Å²) in [4.78, 5) is 25.7. The highest BCUT2D eigenvalue weighted by atomic mass is 19.4. The van der Waals surface area contributed by atoms with Gasteiger partial charge in [0.05, 0.1) is 17.3 Å². The van der Waals surface area contributed by atoms with E-state index in [2.05, 4.69) is 20.9 Å². The van der Waals surface area contributed by atoms with Gasteiger partial charge in [0.2, 0.25) is 5.91 Å². The molecule has 2 aromatic rings. The minimum atomic E-state index is -4.50. The molecule has 1 aliphatic heterocycles. The molecule has 9 heteroatoms. The predicted molar refractivity (Wildman–Crippen MR) is 122 cm³/mol. The summed E-state index contributed by atoms with van der Waals surface area (Å²) < 4.78 is 39.0. The quantitative estimate of drug-likeness (QED) is 0.616. The highest BCUT2D eigenvalue weighted by Crippen LogP contribution is 2.46. The number of carbonyl (C=O) groups is 1. The van der Waals surface area contributed by atoms with Crippen molar-refractivity contribution in [3.05, 3.63) is 41.3 Å². The number of aromatic nitrogens is 2. The van der Waals surface area contributed by atoms with Gasteiger partial charge in [0.15, 0.2) is 0 Å². The molecule has 0 N–H and O–H groups in total. The zero-order chi connectivity index (χ0) is 24.3. The number of nitrogens with zero attached hydrogens (tertiary/aromatic N) is 5. The molecule has 1 amide bonds. The zero-order valence-electron chi connectivity index (χ0n) is 19.3. The monoisotopic (exact) mass is 481 g/mol. The maximum Gasteiger partial charge on any atom is 0.433 e. The Morgan fingerprint density at radius 2 is 1.86 bits per heavy atom. The third-order valence-corrected chi connectivity index (χ3v) is 7.58. The number of rotatable bonds is 5. The summed E-state index contributed by atoms with van der Waals surface area (Å²) in [7, 11) is 0. The van der Waals surface area contributed by atoms with Crippen LogP contribution in [-0.4, -0.2) is 46.5 Å². The van der Waals surface area contributed by atoms with Crippen LogP contribution in [0.3, 0.4) is 0 Å². The number of piperazine rings is 1. The zero-order valence-corrected chi connectivity index (χ0v) is 19.3. The molecule has 1 atom stereocenters. The van der Waals surface area contributed by atoms with Crippen LogP contribution in [0.1, 0.15) is 61.4 Å². The number of carbonyl (C=O) groups excluding carboxylic acids is 1. The summed E-state index contributed by atoms with van der Waals surface area (Å²) in [6, 6.07) is 6.55. The van der Waals surface area contributed by atoms with Gasteiger partial charge < -0.3 is 9.80 Å². The normalized spacial score (nSPS) is 22.7. The van der Waals surface area contributed by atoms with Crippen molar-refractivity contribution in [1.82, 2.24) is 14.9 Å². The van der Waals surface area contributed by atoms with E-state index in [1.165, 1.54) is 12.3 Å². The van der Waals surface area contributed by atoms with E-state index >= 15 is 0 Å². The SMILES string of the molecule is N#Cc1cc(-c2ccc(C(F)(F)F)nc2)c(C2CC2)nc1N1CCN(C(=O)C2CC2)C(C2CC2)C1. The van der Waals surface area contributed by atoms with E-state index in [-0.39, 0.29) is 23.8 Å². The summed E-state index contributed by atoms with van der Waals surface area (Å²) in [5.74, 6) is 1.83. The van der Waals surface area contributed by atoms with Gasteiger partial charge in [0.25, 0.3) is 0 Å². The summed E-state index contributed by atoms with van der Waals surface area (Å²) in [6.07, 6.45) is 2.87. The molecule has 1 saturated heterocycles. The van der Waals surface area contributed by atoms with Crippen molar-refractivity contribution in [2.24, 2.45) is 11.8 Å². The summed E-state index contributed by atoms with van der Waals surface area (Å²) in [5.41, 5.74) is 1.49. The lowest BCUT2D eigenvalue weighted by Crippen LogP contribution is -2.57. The standard InChI is InChI=1S/C26H26F3N5O/c27-26(28,29)22-8-7-18(13-31-22)20-11-19(12-30)24(32-23(20)16-3-4-16)33-9-10-34(25(35)17-5-6-17)21(14-33)15-1-2-15/h7-8,11,13,15-17,21H,1-6,9-10,14H2. The van der Waals surface area contributed by atoms with Crippen LogP contribution in [0.4, 0.5) is 19.0 Å². The molecular formula is C26H26F3N5O. The maximum atomic E-state index is 13.0. The molecule has 0 spiro atoms. The third kappa shape index (κ3) is 4.35. The lowest BCUT2D eigenvalue weighted by Gasteiger charge is -2.43. The summed E-state index contributed by atoms with van der Waals surface area (Å²) >= 11 is 0. The van der Waals surface area contributed by atoms with Crippen LogP contribution in [0, 0.1) is 23.2 Å². The second-order valence-corrected chi connectivity index (χ2v) is 10.3. The number of amides is 1. The fourth-order valence-corrected chi connectivity index (χ4v) is 5.19. The maximum absolute atomic E-state index is 13.0. The Labute approximate surface area is 201 Å². The lowest BCUT2D eigenvalue weighted by atomic mass is 9.99. The highest BCUT2D eigenvalue weighted by molar-refractivity contribution is 5.82. The third-order valence-electron chi connectivity index (χ3n) is 7.58. The first-order chi connectivity index (χ1) is 16.8. The van der Waals surface area contributed by atoms with Gasteiger partial charge in [-0.25, -0.2) is 4.98 Å². The Morgan fingerprint density at radius 3 is 2.43 bits per heavy atom. The first kappa shape index (κ1) is 22.3. The van der Waals surface area contributed by atoms with E-state index < -0.39 is 11.9 Å². The average Bonchev–Trinajstić information content (AvgIpc) is 3.73. The van der Waals surface area contributed by atoms with E-state index in [0.717, 1.165) is 50.3 Å². The summed E-state index contributed by atoms with van der Waals surface area (Å²) in [6.45, 7) is 1.91. The van der Waals surface area contributed by atoms with Crippen molar-refractivity contribution in [2.75, 3.05) is 24.5 Å². The van der Waals surface area contributed by atoms with Crippen molar-refractivity contribution in [2.45, 2.75) is 56.7 Å². The Kier molecular flexibility index (Phi) is 5.24. The van der Waals surface area contributed by atoms with Gasteiger partial charge in [-0.2, -0.15) is 18.4 Å². The fraction of sp³-hybridized carbons (Fsp3) is 0.538. The van der Waals surface area contributed by atoms with Crippen LogP contribution < -0.4 is 4.90 Å². The molecule has 6 nitrogen and oxygen atoms in total. The van der Waals surface area contributed by atoms with Crippen LogP contribution >= 0.6 is 0 Å². The van der Waals surface area contributed by atoms with E-state index in [0.29, 0.717) is 48.1 Å². The molecule has 3 heterocycles. The van der Waals surface area contributed by atoms with Crippen molar-refractivity contribution < 1.29 is 18.0 Å². The Bertz CT molecular complexity index is 1190. The van der Waals surface area contributed by atoms with Crippen molar-refractivity contribution >= 4 is 11.7 Å². The number of halogens is 3. The Hall–Kier alpha value is -3.15. The molecule has 3 aliphatic carbocycles. The molecule has 0 bridgehead atoms. The van der Waals surface area contributed by atoms with Gasteiger partial charge in [-0.05, 0) is 56.6 Å². The van der Waals surface area contributed by atoms with E-state index in [1.807, 2.05) is 0 Å².